The molecule has 1 aliphatic rings. The molecule has 2 N–H and O–H groups in total. The first-order valence-electron chi connectivity index (χ1n) is 8.59. The first-order chi connectivity index (χ1) is 13.0. The molecule has 0 bridgehead atoms. The van der Waals surface area contributed by atoms with Gasteiger partial charge >= 0.3 is 0 Å². The molecule has 146 valence electrons. The van der Waals surface area contributed by atoms with Gasteiger partial charge in [0, 0.05) is 35.8 Å². The maximum absolute atomic E-state index is 10.9. The van der Waals surface area contributed by atoms with E-state index in [1.807, 2.05) is 7.05 Å². The Bertz CT molecular complexity index is 865. The summed E-state index contributed by atoms with van der Waals surface area (Å²) in [5.41, 5.74) is 2.90. The normalized spacial score (nSPS) is 13.8. The van der Waals surface area contributed by atoms with Crippen LogP contribution in [0, 0.1) is 0 Å². The Kier molecular flexibility index (Phi) is 5.23. The fourth-order valence-corrected chi connectivity index (χ4v) is 3.62. The van der Waals surface area contributed by atoms with Gasteiger partial charge in [-0.1, -0.05) is 0 Å². The third-order valence-corrected chi connectivity index (χ3v) is 4.94. The molecule has 0 saturated carbocycles. The lowest BCUT2D eigenvalue weighted by molar-refractivity contribution is 0.292. The predicted octanol–water partition coefficient (Wildman–Crippen LogP) is 2.79. The average molecular weight is 375 g/mol. The van der Waals surface area contributed by atoms with Gasteiger partial charge in [-0.25, -0.2) is 0 Å². The molecule has 2 aromatic rings. The van der Waals surface area contributed by atoms with E-state index in [2.05, 4.69) is 4.90 Å². The Morgan fingerprint density at radius 3 is 2.11 bits per heavy atom. The molecule has 2 aromatic carbocycles. The number of methoxy groups -OCH3 is 4. The first-order valence-corrected chi connectivity index (χ1v) is 8.59. The van der Waals surface area contributed by atoms with Crippen molar-refractivity contribution in [2.75, 3.05) is 42.0 Å². The summed E-state index contributed by atoms with van der Waals surface area (Å²) in [5.74, 6) is 1.67. The van der Waals surface area contributed by atoms with Gasteiger partial charge < -0.3 is 34.1 Å². The highest BCUT2D eigenvalue weighted by Gasteiger charge is 2.31. The van der Waals surface area contributed by atoms with E-state index in [4.69, 9.17) is 18.9 Å². The SMILES string of the molecule is COc1cc(-c2c(OC)c(O)c3c(c2OC)CCN(C)C3)c(OC)cc1O. The van der Waals surface area contributed by atoms with E-state index in [1.165, 1.54) is 27.4 Å². The van der Waals surface area contributed by atoms with Crippen molar-refractivity contribution >= 4 is 0 Å². The summed E-state index contributed by atoms with van der Waals surface area (Å²) in [6.45, 7) is 1.45. The molecule has 0 amide bonds. The maximum Gasteiger partial charge on any atom is 0.172 e. The first kappa shape index (κ1) is 19.0. The fourth-order valence-electron chi connectivity index (χ4n) is 3.62. The molecule has 0 aromatic heterocycles. The maximum atomic E-state index is 10.9. The van der Waals surface area contributed by atoms with Crippen LogP contribution in [-0.4, -0.2) is 57.1 Å². The Hall–Kier alpha value is -2.80. The van der Waals surface area contributed by atoms with Gasteiger partial charge in [-0.05, 0) is 19.5 Å². The van der Waals surface area contributed by atoms with Crippen molar-refractivity contribution in [1.82, 2.24) is 4.90 Å². The Labute approximate surface area is 158 Å². The molecule has 3 rings (SSSR count). The van der Waals surface area contributed by atoms with Crippen LogP contribution < -0.4 is 18.9 Å². The molecule has 0 fully saturated rings. The number of fused-ring (bicyclic) bond motifs is 1. The van der Waals surface area contributed by atoms with Crippen LogP contribution in [0.1, 0.15) is 11.1 Å². The van der Waals surface area contributed by atoms with Crippen molar-refractivity contribution in [1.29, 1.82) is 0 Å². The van der Waals surface area contributed by atoms with Crippen molar-refractivity contribution in [2.45, 2.75) is 13.0 Å². The highest BCUT2D eigenvalue weighted by atomic mass is 16.5. The van der Waals surface area contributed by atoms with Gasteiger partial charge in [0.05, 0.1) is 34.0 Å². The van der Waals surface area contributed by atoms with Gasteiger partial charge in [-0.3, -0.25) is 0 Å². The minimum atomic E-state index is -0.0418. The van der Waals surface area contributed by atoms with E-state index in [1.54, 1.807) is 13.2 Å². The molecule has 1 heterocycles. The highest BCUT2D eigenvalue weighted by molar-refractivity contribution is 5.87. The number of nitrogens with zero attached hydrogens (tertiary/aromatic N) is 1. The van der Waals surface area contributed by atoms with E-state index < -0.39 is 0 Å². The number of ether oxygens (including phenoxy) is 4. The molecule has 0 radical (unpaired) electrons. The van der Waals surface area contributed by atoms with Gasteiger partial charge in [0.25, 0.3) is 0 Å². The van der Waals surface area contributed by atoms with Crippen LogP contribution in [-0.2, 0) is 13.0 Å². The summed E-state index contributed by atoms with van der Waals surface area (Å²) in [5, 5.41) is 21.0. The largest absolute Gasteiger partial charge is 0.504 e. The third kappa shape index (κ3) is 3.08. The summed E-state index contributed by atoms with van der Waals surface area (Å²) in [6.07, 6.45) is 0.733. The second-order valence-electron chi connectivity index (χ2n) is 6.46. The standard InChI is InChI=1S/C20H25NO6/c1-21-7-6-11-13(10-21)18(23)20(27-5)17(19(11)26-4)12-8-16(25-3)14(22)9-15(12)24-2/h8-9,22-23H,6-7,10H2,1-5H3. The summed E-state index contributed by atoms with van der Waals surface area (Å²) >= 11 is 0. The van der Waals surface area contributed by atoms with Crippen molar-refractivity contribution in [3.8, 4) is 45.6 Å². The zero-order chi connectivity index (χ0) is 19.7. The lowest BCUT2D eigenvalue weighted by Gasteiger charge is -2.30. The number of phenolic OH excluding ortho intramolecular Hbond substituents is 2. The summed E-state index contributed by atoms with van der Waals surface area (Å²) in [4.78, 5) is 2.13. The van der Waals surface area contributed by atoms with Crippen molar-refractivity contribution in [3.63, 3.8) is 0 Å². The van der Waals surface area contributed by atoms with Crippen LogP contribution in [0.15, 0.2) is 12.1 Å². The number of rotatable bonds is 5. The molecular formula is C20H25NO6. The van der Waals surface area contributed by atoms with Crippen molar-refractivity contribution in [2.24, 2.45) is 0 Å². The fraction of sp³-hybridized carbons (Fsp3) is 0.400. The molecule has 0 atom stereocenters. The van der Waals surface area contributed by atoms with E-state index in [-0.39, 0.29) is 17.2 Å². The average Bonchev–Trinajstić information content (AvgIpc) is 2.67. The summed E-state index contributed by atoms with van der Waals surface area (Å²) in [7, 11) is 8.08. The van der Waals surface area contributed by atoms with E-state index in [0.717, 1.165) is 24.1 Å². The topological polar surface area (TPSA) is 80.6 Å². The van der Waals surface area contributed by atoms with Crippen LogP contribution in [0.4, 0.5) is 0 Å². The number of hydrogen-bond donors (Lipinski definition) is 2. The van der Waals surface area contributed by atoms with Crippen LogP contribution in [0.2, 0.25) is 0 Å². The number of phenols is 2. The molecule has 0 spiro atoms. The Morgan fingerprint density at radius 2 is 1.52 bits per heavy atom. The minimum Gasteiger partial charge on any atom is -0.504 e. The molecule has 0 aliphatic carbocycles. The Morgan fingerprint density at radius 1 is 0.852 bits per heavy atom. The van der Waals surface area contributed by atoms with Crippen LogP contribution in [0.5, 0.6) is 34.5 Å². The van der Waals surface area contributed by atoms with Crippen LogP contribution in [0.25, 0.3) is 11.1 Å². The summed E-state index contributed by atoms with van der Waals surface area (Å²) in [6, 6.07) is 3.12. The van der Waals surface area contributed by atoms with Gasteiger partial charge in [0.15, 0.2) is 23.0 Å². The number of hydrogen-bond acceptors (Lipinski definition) is 7. The van der Waals surface area contributed by atoms with E-state index in [9.17, 15) is 10.2 Å². The Balaban J connectivity index is 2.38. The molecule has 0 unspecified atom stereocenters. The second-order valence-corrected chi connectivity index (χ2v) is 6.46. The molecule has 0 saturated heterocycles. The van der Waals surface area contributed by atoms with Crippen LogP contribution in [0.3, 0.4) is 0 Å². The minimum absolute atomic E-state index is 0.0418. The van der Waals surface area contributed by atoms with Crippen molar-refractivity contribution in [3.05, 3.63) is 23.3 Å². The zero-order valence-electron chi connectivity index (χ0n) is 16.3. The monoisotopic (exact) mass is 375 g/mol. The quantitative estimate of drug-likeness (QED) is 0.832. The van der Waals surface area contributed by atoms with E-state index in [0.29, 0.717) is 34.9 Å². The lowest BCUT2D eigenvalue weighted by atomic mass is 9.90. The van der Waals surface area contributed by atoms with E-state index >= 15 is 0 Å². The smallest absolute Gasteiger partial charge is 0.172 e. The second kappa shape index (κ2) is 7.44. The molecular weight excluding hydrogens is 350 g/mol. The van der Waals surface area contributed by atoms with Gasteiger partial charge in [0.1, 0.15) is 11.5 Å². The zero-order valence-corrected chi connectivity index (χ0v) is 16.3. The van der Waals surface area contributed by atoms with Crippen LogP contribution >= 0.6 is 0 Å². The van der Waals surface area contributed by atoms with Gasteiger partial charge in [-0.15, -0.1) is 0 Å². The third-order valence-electron chi connectivity index (χ3n) is 4.94. The summed E-state index contributed by atoms with van der Waals surface area (Å²) < 4.78 is 22.1. The molecule has 7 heteroatoms. The number of benzene rings is 2. The van der Waals surface area contributed by atoms with Crippen molar-refractivity contribution < 1.29 is 29.2 Å². The number of aromatic hydroxyl groups is 2. The molecule has 1 aliphatic heterocycles. The molecule has 27 heavy (non-hydrogen) atoms. The number of likely N-dealkylation sites (N-methyl/N-ethyl adjacent to an activating group) is 1. The van der Waals surface area contributed by atoms with Gasteiger partial charge in [-0.2, -0.15) is 0 Å². The highest BCUT2D eigenvalue weighted by Crippen LogP contribution is 2.53. The predicted molar refractivity (Wildman–Crippen MR) is 101 cm³/mol. The molecule has 7 nitrogen and oxygen atoms in total. The lowest BCUT2D eigenvalue weighted by Crippen LogP contribution is -2.27. The van der Waals surface area contributed by atoms with Gasteiger partial charge in [0.2, 0.25) is 0 Å².